The molecule has 0 saturated heterocycles. The Morgan fingerprint density at radius 3 is 2.65 bits per heavy atom. The summed E-state index contributed by atoms with van der Waals surface area (Å²) in [5, 5.41) is 0.575. The van der Waals surface area contributed by atoms with Crippen molar-refractivity contribution >= 4 is 23.2 Å². The number of carbonyl (C=O) groups excluding carboxylic acids is 2. The lowest BCUT2D eigenvalue weighted by Gasteiger charge is -2.22. The van der Waals surface area contributed by atoms with Gasteiger partial charge in [0.1, 0.15) is 16.5 Å². The lowest BCUT2D eigenvalue weighted by atomic mass is 10.0. The van der Waals surface area contributed by atoms with Crippen molar-refractivity contribution in [2.45, 2.75) is 45.8 Å². The van der Waals surface area contributed by atoms with E-state index in [2.05, 4.69) is 4.98 Å². The molecule has 10 heteroatoms. The molecule has 0 radical (unpaired) electrons. The monoisotopic (exact) mass is 530 g/mol. The van der Waals surface area contributed by atoms with Crippen LogP contribution >= 0.6 is 11.3 Å². The average Bonchev–Trinajstić information content (AvgIpc) is 3.41. The third-order valence-corrected chi connectivity index (χ3v) is 6.93. The summed E-state index contributed by atoms with van der Waals surface area (Å²) < 4.78 is 43.5. The molecule has 4 rings (SSSR count). The van der Waals surface area contributed by atoms with E-state index in [1.165, 1.54) is 30.6 Å². The summed E-state index contributed by atoms with van der Waals surface area (Å²) in [5.74, 6) is -0.887. The first-order chi connectivity index (χ1) is 17.8. The predicted molar refractivity (Wildman–Crippen MR) is 135 cm³/mol. The zero-order valence-corrected chi connectivity index (χ0v) is 21.6. The zero-order valence-electron chi connectivity index (χ0n) is 20.8. The van der Waals surface area contributed by atoms with Gasteiger partial charge in [0.05, 0.1) is 25.8 Å². The number of benzene rings is 2. The maximum atomic E-state index is 14.3. The standard InChI is InChI=1S/C27H28F2N2O5S/c1-4-35-27(33)24-16(2)37-21(30-24)15-31(12-8-11-17-9-6-5-7-10-17)26(32)18-13-19(34-3)22-20(14-18)36-25(29)23(22)28/h5-7,9-10,13-14,23,25H,4,8,11-12,15H2,1-3H3. The quantitative estimate of drug-likeness (QED) is 0.317. The highest BCUT2D eigenvalue weighted by atomic mass is 32.1. The van der Waals surface area contributed by atoms with E-state index in [0.29, 0.717) is 22.9 Å². The third kappa shape index (κ3) is 5.90. The Morgan fingerprint density at radius 1 is 1.19 bits per heavy atom. The molecule has 0 fully saturated rings. The topological polar surface area (TPSA) is 78.0 Å². The van der Waals surface area contributed by atoms with Crippen molar-refractivity contribution in [2.24, 2.45) is 0 Å². The second kappa shape index (κ2) is 11.7. The van der Waals surface area contributed by atoms with Crippen molar-refractivity contribution in [3.8, 4) is 11.5 Å². The number of hydrogen-bond acceptors (Lipinski definition) is 7. The lowest BCUT2D eigenvalue weighted by molar-refractivity contribution is 0.0212. The van der Waals surface area contributed by atoms with Crippen LogP contribution in [-0.4, -0.2) is 48.4 Å². The molecule has 37 heavy (non-hydrogen) atoms. The fraction of sp³-hybridized carbons (Fsp3) is 0.370. The van der Waals surface area contributed by atoms with Crippen LogP contribution in [-0.2, 0) is 17.7 Å². The number of esters is 1. The molecule has 1 aliphatic rings. The molecule has 0 N–H and O–H groups in total. The summed E-state index contributed by atoms with van der Waals surface area (Å²) in [6.45, 7) is 4.27. The maximum Gasteiger partial charge on any atom is 0.358 e. The fourth-order valence-corrected chi connectivity index (χ4v) is 5.14. The van der Waals surface area contributed by atoms with Gasteiger partial charge >= 0.3 is 5.97 Å². The SMILES string of the molecule is CCOC(=O)c1nc(CN(CCCc2ccccc2)C(=O)c2cc(OC)c3c(c2)OC(F)C3F)sc1C. The number of fused-ring (bicyclic) bond motifs is 1. The van der Waals surface area contributed by atoms with Crippen LogP contribution in [0.4, 0.5) is 8.78 Å². The Morgan fingerprint density at radius 2 is 1.95 bits per heavy atom. The molecule has 1 aliphatic heterocycles. The van der Waals surface area contributed by atoms with Crippen LogP contribution in [0.5, 0.6) is 11.5 Å². The minimum atomic E-state index is -2.16. The van der Waals surface area contributed by atoms with E-state index in [-0.39, 0.29) is 47.4 Å². The van der Waals surface area contributed by atoms with E-state index in [1.807, 2.05) is 30.3 Å². The van der Waals surface area contributed by atoms with Gasteiger partial charge in [-0.05, 0) is 44.4 Å². The summed E-state index contributed by atoms with van der Waals surface area (Å²) in [4.78, 5) is 32.6. The number of thiazole rings is 1. The molecular weight excluding hydrogens is 502 g/mol. The zero-order chi connectivity index (χ0) is 26.5. The van der Waals surface area contributed by atoms with Crippen molar-refractivity contribution in [3.05, 3.63) is 74.7 Å². The van der Waals surface area contributed by atoms with E-state index in [0.717, 1.165) is 12.0 Å². The summed E-state index contributed by atoms with van der Waals surface area (Å²) in [7, 11) is 1.33. The number of nitrogens with zero attached hydrogens (tertiary/aromatic N) is 2. The molecule has 2 aromatic carbocycles. The average molecular weight is 531 g/mol. The molecule has 7 nitrogen and oxygen atoms in total. The van der Waals surface area contributed by atoms with Crippen molar-refractivity contribution < 1.29 is 32.6 Å². The van der Waals surface area contributed by atoms with Gasteiger partial charge in [0.25, 0.3) is 12.3 Å². The van der Waals surface area contributed by atoms with Gasteiger partial charge in [-0.1, -0.05) is 30.3 Å². The molecule has 0 spiro atoms. The van der Waals surface area contributed by atoms with Crippen LogP contribution < -0.4 is 9.47 Å². The number of aromatic nitrogens is 1. The van der Waals surface area contributed by atoms with Crippen molar-refractivity contribution in [1.29, 1.82) is 0 Å². The molecule has 2 heterocycles. The van der Waals surface area contributed by atoms with Gasteiger partial charge in [-0.15, -0.1) is 11.3 Å². The summed E-state index contributed by atoms with van der Waals surface area (Å²) in [6.07, 6.45) is -2.73. The van der Waals surface area contributed by atoms with Crippen LogP contribution in [0.15, 0.2) is 42.5 Å². The number of carbonyl (C=O) groups is 2. The highest BCUT2D eigenvalue weighted by molar-refractivity contribution is 7.11. The predicted octanol–water partition coefficient (Wildman–Crippen LogP) is 5.61. The molecule has 2 atom stereocenters. The number of amides is 1. The molecule has 2 unspecified atom stereocenters. The second-order valence-corrected chi connectivity index (χ2v) is 9.80. The molecule has 196 valence electrons. The molecule has 1 amide bonds. The van der Waals surface area contributed by atoms with Crippen LogP contribution in [0.1, 0.15) is 61.4 Å². The van der Waals surface area contributed by atoms with Gasteiger partial charge in [-0.2, -0.15) is 4.39 Å². The van der Waals surface area contributed by atoms with E-state index < -0.39 is 18.5 Å². The van der Waals surface area contributed by atoms with Gasteiger partial charge in [0.15, 0.2) is 11.9 Å². The van der Waals surface area contributed by atoms with Crippen LogP contribution in [0.3, 0.4) is 0 Å². The van der Waals surface area contributed by atoms with Gasteiger partial charge < -0.3 is 19.1 Å². The van der Waals surface area contributed by atoms with Crippen LogP contribution in [0, 0.1) is 6.92 Å². The largest absolute Gasteiger partial charge is 0.496 e. The van der Waals surface area contributed by atoms with E-state index in [4.69, 9.17) is 14.2 Å². The van der Waals surface area contributed by atoms with Gasteiger partial charge in [0, 0.05) is 17.0 Å². The third-order valence-electron chi connectivity index (χ3n) is 5.98. The molecule has 3 aromatic rings. The molecule has 0 aliphatic carbocycles. The summed E-state index contributed by atoms with van der Waals surface area (Å²) in [6, 6.07) is 12.6. The normalized spacial score (nSPS) is 16.1. The number of methoxy groups -OCH3 is 1. The van der Waals surface area contributed by atoms with E-state index in [9.17, 15) is 18.4 Å². The molecule has 0 bridgehead atoms. The first-order valence-electron chi connectivity index (χ1n) is 12.0. The van der Waals surface area contributed by atoms with E-state index >= 15 is 0 Å². The van der Waals surface area contributed by atoms with Crippen LogP contribution in [0.2, 0.25) is 0 Å². The molecule has 0 saturated carbocycles. The lowest BCUT2D eigenvalue weighted by Crippen LogP contribution is -2.32. The first-order valence-corrected chi connectivity index (χ1v) is 12.8. The van der Waals surface area contributed by atoms with Crippen molar-refractivity contribution in [2.75, 3.05) is 20.3 Å². The fourth-order valence-electron chi connectivity index (χ4n) is 4.20. The number of rotatable bonds is 10. The second-order valence-electron chi connectivity index (χ2n) is 8.51. The number of aryl methyl sites for hydroxylation is 2. The highest BCUT2D eigenvalue weighted by Crippen LogP contribution is 2.46. The Kier molecular flexibility index (Phi) is 8.38. The Balaban J connectivity index is 1.60. The van der Waals surface area contributed by atoms with Crippen molar-refractivity contribution in [1.82, 2.24) is 9.88 Å². The smallest absolute Gasteiger partial charge is 0.358 e. The Hall–Kier alpha value is -3.53. The van der Waals surface area contributed by atoms with Gasteiger partial charge in [-0.25, -0.2) is 14.2 Å². The Bertz CT molecular complexity index is 1270. The molecule has 1 aromatic heterocycles. The van der Waals surface area contributed by atoms with E-state index in [1.54, 1.807) is 18.7 Å². The number of hydrogen-bond donors (Lipinski definition) is 0. The minimum Gasteiger partial charge on any atom is -0.496 e. The number of halogens is 2. The summed E-state index contributed by atoms with van der Waals surface area (Å²) in [5.41, 5.74) is 1.50. The number of alkyl halides is 2. The summed E-state index contributed by atoms with van der Waals surface area (Å²) >= 11 is 1.31. The minimum absolute atomic E-state index is 0.0446. The number of ether oxygens (including phenoxy) is 3. The Labute approximate surface area is 218 Å². The van der Waals surface area contributed by atoms with Gasteiger partial charge in [-0.3, -0.25) is 4.79 Å². The highest BCUT2D eigenvalue weighted by Gasteiger charge is 2.38. The maximum absolute atomic E-state index is 14.3. The van der Waals surface area contributed by atoms with Crippen molar-refractivity contribution in [3.63, 3.8) is 0 Å². The van der Waals surface area contributed by atoms with Gasteiger partial charge in [0.2, 0.25) is 0 Å². The first kappa shape index (κ1) is 26.5. The molecular formula is C27H28F2N2O5S. The van der Waals surface area contributed by atoms with Crippen LogP contribution in [0.25, 0.3) is 0 Å².